The van der Waals surface area contributed by atoms with Crippen molar-refractivity contribution in [2.75, 3.05) is 26.7 Å². The summed E-state index contributed by atoms with van der Waals surface area (Å²) >= 11 is 5.36. The van der Waals surface area contributed by atoms with Crippen molar-refractivity contribution in [2.45, 2.75) is 13.0 Å². The topological polar surface area (TPSA) is 15.3 Å². The predicted octanol–water partition coefficient (Wildman–Crippen LogP) is 2.97. The number of hydrogen-bond acceptors (Lipinski definition) is 3. The fourth-order valence-electron chi connectivity index (χ4n) is 2.17. The van der Waals surface area contributed by atoms with Crippen LogP contribution in [0, 0.1) is 5.92 Å². The van der Waals surface area contributed by atoms with Crippen LogP contribution in [-0.2, 0) is 6.54 Å². The third-order valence-corrected chi connectivity index (χ3v) is 4.48. The molecule has 2 rings (SSSR count). The van der Waals surface area contributed by atoms with Gasteiger partial charge in [-0.3, -0.25) is 4.90 Å². The molecule has 0 amide bonds. The number of nitrogens with zero attached hydrogens (tertiary/aromatic N) is 1. The average Bonchev–Trinajstić information content (AvgIpc) is 2.78. The summed E-state index contributed by atoms with van der Waals surface area (Å²) in [7, 11) is 2.04. The highest BCUT2D eigenvalue weighted by molar-refractivity contribution is 9.11. The fourth-order valence-corrected chi connectivity index (χ4v) is 3.69. The minimum Gasteiger partial charge on any atom is -0.319 e. The lowest BCUT2D eigenvalue weighted by Crippen LogP contribution is -2.24. The Morgan fingerprint density at radius 2 is 2.38 bits per heavy atom. The first kappa shape index (κ1) is 14.5. The molecule has 1 aliphatic rings. The molecular formula is C11H18BrClN2S. The van der Waals surface area contributed by atoms with Gasteiger partial charge < -0.3 is 5.32 Å². The van der Waals surface area contributed by atoms with Gasteiger partial charge in [-0.25, -0.2) is 0 Å². The summed E-state index contributed by atoms with van der Waals surface area (Å²) in [5.74, 6) is 0.846. The van der Waals surface area contributed by atoms with Gasteiger partial charge in [0.2, 0.25) is 0 Å². The predicted molar refractivity (Wildman–Crippen MR) is 76.6 cm³/mol. The molecule has 0 saturated carbocycles. The van der Waals surface area contributed by atoms with Crippen LogP contribution < -0.4 is 5.32 Å². The van der Waals surface area contributed by atoms with Crippen LogP contribution in [0.3, 0.4) is 0 Å². The third-order valence-electron chi connectivity index (χ3n) is 2.87. The summed E-state index contributed by atoms with van der Waals surface area (Å²) in [6.07, 6.45) is 1.34. The normalized spacial score (nSPS) is 21.0. The summed E-state index contributed by atoms with van der Waals surface area (Å²) in [5, 5.41) is 3.27. The summed E-state index contributed by atoms with van der Waals surface area (Å²) < 4.78 is 1.24. The minimum atomic E-state index is 0. The van der Waals surface area contributed by atoms with Gasteiger partial charge in [0.1, 0.15) is 0 Å². The Balaban J connectivity index is 0.00000128. The Kier molecular flexibility index (Phi) is 6.29. The van der Waals surface area contributed by atoms with E-state index in [0.29, 0.717) is 0 Å². The highest BCUT2D eigenvalue weighted by Gasteiger charge is 2.21. The van der Waals surface area contributed by atoms with E-state index in [4.69, 9.17) is 0 Å². The van der Waals surface area contributed by atoms with Crippen LogP contribution >= 0.6 is 39.7 Å². The van der Waals surface area contributed by atoms with E-state index in [1.54, 1.807) is 0 Å². The third kappa shape index (κ3) is 4.00. The average molecular weight is 326 g/mol. The molecule has 0 aliphatic carbocycles. The molecule has 92 valence electrons. The number of nitrogens with one attached hydrogen (secondary N) is 1. The zero-order valence-corrected chi connectivity index (χ0v) is 12.6. The Hall–Kier alpha value is 0.390. The second-order valence-corrected chi connectivity index (χ2v) is 6.70. The molecule has 1 aliphatic heterocycles. The molecule has 1 aromatic rings. The van der Waals surface area contributed by atoms with Gasteiger partial charge >= 0.3 is 0 Å². The van der Waals surface area contributed by atoms with Gasteiger partial charge in [-0.1, -0.05) is 0 Å². The van der Waals surface area contributed by atoms with Crippen LogP contribution in [0.25, 0.3) is 0 Å². The number of thiophene rings is 1. The highest BCUT2D eigenvalue weighted by atomic mass is 79.9. The van der Waals surface area contributed by atoms with Crippen molar-refractivity contribution < 1.29 is 0 Å². The maximum Gasteiger partial charge on any atom is 0.0701 e. The Labute approximate surface area is 116 Å². The maximum atomic E-state index is 3.51. The number of rotatable bonds is 4. The first-order chi connectivity index (χ1) is 7.28. The summed E-state index contributed by atoms with van der Waals surface area (Å²) in [6, 6.07) is 4.36. The lowest BCUT2D eigenvalue weighted by molar-refractivity contribution is 0.318. The van der Waals surface area contributed by atoms with E-state index in [9.17, 15) is 0 Å². The fraction of sp³-hybridized carbons (Fsp3) is 0.636. The van der Waals surface area contributed by atoms with E-state index < -0.39 is 0 Å². The van der Waals surface area contributed by atoms with Crippen LogP contribution in [0.1, 0.15) is 11.3 Å². The number of halogens is 2. The minimum absolute atomic E-state index is 0. The van der Waals surface area contributed by atoms with E-state index in [1.807, 2.05) is 18.4 Å². The van der Waals surface area contributed by atoms with Gasteiger partial charge in [0, 0.05) is 18.0 Å². The van der Waals surface area contributed by atoms with Crippen LogP contribution in [0.5, 0.6) is 0 Å². The van der Waals surface area contributed by atoms with E-state index >= 15 is 0 Å². The standard InChI is InChI=1S/C11H17BrN2S.ClH/c1-13-6-9-4-5-14(7-9)8-10-2-3-11(12)15-10;/h2-3,9,13H,4-8H2,1H3;1H. The SMILES string of the molecule is CNCC1CCN(Cc2ccc(Br)s2)C1.Cl. The zero-order valence-electron chi connectivity index (χ0n) is 9.41. The van der Waals surface area contributed by atoms with E-state index in [0.717, 1.165) is 19.0 Å². The first-order valence-electron chi connectivity index (χ1n) is 5.39. The van der Waals surface area contributed by atoms with Crippen molar-refractivity contribution in [3.8, 4) is 0 Å². The summed E-state index contributed by atoms with van der Waals surface area (Å²) in [6.45, 7) is 4.78. The van der Waals surface area contributed by atoms with Crippen molar-refractivity contribution >= 4 is 39.7 Å². The van der Waals surface area contributed by atoms with E-state index in [1.165, 1.54) is 28.2 Å². The van der Waals surface area contributed by atoms with Gasteiger partial charge in [0.25, 0.3) is 0 Å². The molecule has 1 saturated heterocycles. The molecule has 1 atom stereocenters. The second kappa shape index (κ2) is 6.97. The molecule has 1 fully saturated rings. The Morgan fingerprint density at radius 1 is 1.56 bits per heavy atom. The monoisotopic (exact) mass is 324 g/mol. The smallest absolute Gasteiger partial charge is 0.0701 e. The second-order valence-electron chi connectivity index (χ2n) is 4.15. The largest absolute Gasteiger partial charge is 0.319 e. The Morgan fingerprint density at radius 3 is 3.00 bits per heavy atom. The molecule has 0 bridgehead atoms. The molecule has 0 radical (unpaired) electrons. The van der Waals surface area contributed by atoms with E-state index in [-0.39, 0.29) is 12.4 Å². The number of likely N-dealkylation sites (tertiary alicyclic amines) is 1. The maximum absolute atomic E-state index is 3.51. The molecule has 0 aromatic carbocycles. The molecule has 5 heteroatoms. The van der Waals surface area contributed by atoms with Gasteiger partial charge in [-0.15, -0.1) is 23.7 Å². The lowest BCUT2D eigenvalue weighted by atomic mass is 10.1. The molecule has 1 N–H and O–H groups in total. The van der Waals surface area contributed by atoms with Crippen LogP contribution in [0.2, 0.25) is 0 Å². The van der Waals surface area contributed by atoms with Crippen LogP contribution in [-0.4, -0.2) is 31.6 Å². The molecule has 16 heavy (non-hydrogen) atoms. The van der Waals surface area contributed by atoms with E-state index in [2.05, 4.69) is 38.3 Å². The summed E-state index contributed by atoms with van der Waals surface area (Å²) in [5.41, 5.74) is 0. The van der Waals surface area contributed by atoms with Crippen molar-refractivity contribution in [3.63, 3.8) is 0 Å². The summed E-state index contributed by atoms with van der Waals surface area (Å²) in [4.78, 5) is 4.02. The van der Waals surface area contributed by atoms with Gasteiger partial charge in [0.05, 0.1) is 3.79 Å². The molecular weight excluding hydrogens is 308 g/mol. The lowest BCUT2D eigenvalue weighted by Gasteiger charge is -2.14. The molecule has 2 nitrogen and oxygen atoms in total. The van der Waals surface area contributed by atoms with Crippen molar-refractivity contribution in [2.24, 2.45) is 5.92 Å². The first-order valence-corrected chi connectivity index (χ1v) is 7.00. The molecule has 1 aromatic heterocycles. The van der Waals surface area contributed by atoms with Crippen molar-refractivity contribution in [1.29, 1.82) is 0 Å². The van der Waals surface area contributed by atoms with Crippen molar-refractivity contribution in [1.82, 2.24) is 10.2 Å². The van der Waals surface area contributed by atoms with Crippen LogP contribution in [0.4, 0.5) is 0 Å². The highest BCUT2D eigenvalue weighted by Crippen LogP contribution is 2.25. The zero-order chi connectivity index (χ0) is 10.7. The number of hydrogen-bond donors (Lipinski definition) is 1. The molecule has 2 heterocycles. The molecule has 1 unspecified atom stereocenters. The van der Waals surface area contributed by atoms with Crippen LogP contribution in [0.15, 0.2) is 15.9 Å². The quantitative estimate of drug-likeness (QED) is 0.915. The van der Waals surface area contributed by atoms with Gasteiger partial charge in [-0.2, -0.15) is 0 Å². The Bertz CT molecular complexity index is 319. The van der Waals surface area contributed by atoms with Gasteiger partial charge in [-0.05, 0) is 60.5 Å². The van der Waals surface area contributed by atoms with Crippen molar-refractivity contribution in [3.05, 3.63) is 20.8 Å². The molecule has 0 spiro atoms. The van der Waals surface area contributed by atoms with Gasteiger partial charge in [0.15, 0.2) is 0 Å².